The van der Waals surface area contributed by atoms with Crippen molar-refractivity contribution in [3.05, 3.63) is 0 Å². The van der Waals surface area contributed by atoms with Gasteiger partial charge in [0, 0.05) is 19.3 Å². The van der Waals surface area contributed by atoms with Gasteiger partial charge in [-0.25, -0.2) is 8.42 Å². The number of carbonyl (C=O) groups excluding carboxylic acids is 1. The van der Waals surface area contributed by atoms with Crippen LogP contribution < -0.4 is 5.73 Å². The van der Waals surface area contributed by atoms with Crippen molar-refractivity contribution in [2.24, 2.45) is 11.1 Å². The first-order valence-corrected chi connectivity index (χ1v) is 10.1. The van der Waals surface area contributed by atoms with E-state index in [9.17, 15) is 13.2 Å². The molecule has 6 heteroatoms. The molecule has 21 heavy (non-hydrogen) atoms. The smallest absolute Gasteiger partial charge is 0.239 e. The van der Waals surface area contributed by atoms with Crippen LogP contribution in [0.3, 0.4) is 0 Å². The lowest BCUT2D eigenvalue weighted by Crippen LogP contribution is -2.52. The van der Waals surface area contributed by atoms with E-state index >= 15 is 0 Å². The number of hydrogen-bond donors (Lipinski definition) is 1. The molecule has 0 aromatic carbocycles. The van der Waals surface area contributed by atoms with Crippen molar-refractivity contribution in [2.75, 3.05) is 25.1 Å². The summed E-state index contributed by atoms with van der Waals surface area (Å²) in [6.07, 6.45) is 9.95. The van der Waals surface area contributed by atoms with Crippen molar-refractivity contribution in [1.82, 2.24) is 4.90 Å². The fraction of sp³-hybridized carbons (Fsp3) is 0.933. The fourth-order valence-corrected chi connectivity index (χ4v) is 4.49. The number of carbonyl (C=O) groups is 1. The van der Waals surface area contributed by atoms with E-state index in [0.29, 0.717) is 5.41 Å². The molecular weight excluding hydrogens is 288 g/mol. The minimum Gasteiger partial charge on any atom is -0.341 e. The first-order chi connectivity index (χ1) is 9.81. The number of piperidine rings is 1. The molecule has 122 valence electrons. The molecule has 2 fully saturated rings. The van der Waals surface area contributed by atoms with Gasteiger partial charge in [-0.05, 0) is 37.5 Å². The van der Waals surface area contributed by atoms with E-state index in [-0.39, 0.29) is 18.1 Å². The lowest BCUT2D eigenvalue weighted by molar-refractivity contribution is -0.136. The van der Waals surface area contributed by atoms with Crippen LogP contribution in [0.15, 0.2) is 0 Å². The van der Waals surface area contributed by atoms with Gasteiger partial charge in [0.1, 0.15) is 9.84 Å². The van der Waals surface area contributed by atoms with Gasteiger partial charge in [-0.2, -0.15) is 0 Å². The van der Waals surface area contributed by atoms with Crippen LogP contribution in [0.4, 0.5) is 0 Å². The molecular formula is C15H28N2O3S. The average molecular weight is 316 g/mol. The van der Waals surface area contributed by atoms with Crippen molar-refractivity contribution in [3.8, 4) is 0 Å². The van der Waals surface area contributed by atoms with Crippen LogP contribution in [0, 0.1) is 5.41 Å². The highest BCUT2D eigenvalue weighted by molar-refractivity contribution is 7.90. The number of hydrogen-bond acceptors (Lipinski definition) is 4. The number of nitrogens with zero attached hydrogens (tertiary/aromatic N) is 1. The molecule has 1 atom stereocenters. The summed E-state index contributed by atoms with van der Waals surface area (Å²) in [7, 11) is -3.06. The summed E-state index contributed by atoms with van der Waals surface area (Å²) in [5, 5.41) is 0. The third kappa shape index (κ3) is 4.68. The van der Waals surface area contributed by atoms with Gasteiger partial charge in [-0.1, -0.05) is 19.3 Å². The Morgan fingerprint density at radius 1 is 1.19 bits per heavy atom. The van der Waals surface area contributed by atoms with Gasteiger partial charge in [0.05, 0.1) is 11.8 Å². The van der Waals surface area contributed by atoms with Crippen LogP contribution in [0.2, 0.25) is 0 Å². The molecule has 1 aliphatic heterocycles. The molecule has 1 unspecified atom stereocenters. The molecule has 1 aliphatic carbocycles. The Bertz CT molecular complexity index is 464. The standard InChI is InChI=1S/C15H28N2O3S/c1-21(19,20)11-6-13(16)14(18)17-10-5-9-15(12-17)7-3-2-4-8-15/h13H,2-12,16H2,1H3. The molecule has 0 radical (unpaired) electrons. The maximum Gasteiger partial charge on any atom is 0.239 e. The van der Waals surface area contributed by atoms with E-state index in [0.717, 1.165) is 19.5 Å². The summed E-state index contributed by atoms with van der Waals surface area (Å²) < 4.78 is 22.4. The Labute approximate surface area is 128 Å². The number of likely N-dealkylation sites (tertiary alicyclic amines) is 1. The molecule has 0 aromatic heterocycles. The zero-order valence-electron chi connectivity index (χ0n) is 13.0. The first-order valence-electron chi connectivity index (χ1n) is 8.03. The summed E-state index contributed by atoms with van der Waals surface area (Å²) >= 11 is 0. The Morgan fingerprint density at radius 2 is 1.81 bits per heavy atom. The van der Waals surface area contributed by atoms with Gasteiger partial charge < -0.3 is 10.6 Å². The SMILES string of the molecule is CS(=O)(=O)CCC(N)C(=O)N1CCCC2(CCCCC2)C1. The van der Waals surface area contributed by atoms with Crippen LogP contribution >= 0.6 is 0 Å². The van der Waals surface area contributed by atoms with Gasteiger partial charge in [-0.15, -0.1) is 0 Å². The van der Waals surface area contributed by atoms with E-state index in [1.165, 1.54) is 44.8 Å². The maximum absolute atomic E-state index is 12.4. The third-order valence-electron chi connectivity index (χ3n) is 5.00. The quantitative estimate of drug-likeness (QED) is 0.848. The number of rotatable bonds is 4. The highest BCUT2D eigenvalue weighted by Gasteiger charge is 2.38. The van der Waals surface area contributed by atoms with Gasteiger partial charge >= 0.3 is 0 Å². The van der Waals surface area contributed by atoms with Crippen LogP contribution in [-0.2, 0) is 14.6 Å². The monoisotopic (exact) mass is 316 g/mol. The molecule has 0 aromatic rings. The molecule has 2 rings (SSSR count). The van der Waals surface area contributed by atoms with E-state index in [2.05, 4.69) is 0 Å². The van der Waals surface area contributed by atoms with E-state index in [1.54, 1.807) is 0 Å². The van der Waals surface area contributed by atoms with E-state index < -0.39 is 15.9 Å². The Balaban J connectivity index is 1.92. The minimum absolute atomic E-state index is 0.0150. The number of amides is 1. The minimum atomic E-state index is -3.06. The zero-order chi connectivity index (χ0) is 15.5. The Morgan fingerprint density at radius 3 is 2.43 bits per heavy atom. The molecule has 1 saturated carbocycles. The van der Waals surface area contributed by atoms with Gasteiger partial charge in [0.15, 0.2) is 0 Å². The fourth-order valence-electron chi connectivity index (χ4n) is 3.80. The molecule has 5 nitrogen and oxygen atoms in total. The summed E-state index contributed by atoms with van der Waals surface area (Å²) in [4.78, 5) is 14.3. The highest BCUT2D eigenvalue weighted by atomic mass is 32.2. The van der Waals surface area contributed by atoms with Crippen molar-refractivity contribution in [1.29, 1.82) is 0 Å². The summed E-state index contributed by atoms with van der Waals surface area (Å²) in [5.74, 6) is -0.0814. The normalized spacial score (nSPS) is 24.0. The highest BCUT2D eigenvalue weighted by Crippen LogP contribution is 2.43. The first kappa shape index (κ1) is 16.7. The summed E-state index contributed by atoms with van der Waals surface area (Å²) in [5.41, 5.74) is 6.23. The third-order valence-corrected chi connectivity index (χ3v) is 5.98. The van der Waals surface area contributed by atoms with Crippen molar-refractivity contribution < 1.29 is 13.2 Å². The molecule has 2 aliphatic rings. The lowest BCUT2D eigenvalue weighted by Gasteiger charge is -2.45. The van der Waals surface area contributed by atoms with Crippen LogP contribution in [0.5, 0.6) is 0 Å². The maximum atomic E-state index is 12.4. The van der Waals surface area contributed by atoms with Crippen molar-refractivity contribution in [2.45, 2.75) is 57.4 Å². The van der Waals surface area contributed by atoms with Gasteiger partial charge in [-0.3, -0.25) is 4.79 Å². The predicted octanol–water partition coefficient (Wildman–Crippen LogP) is 1.32. The van der Waals surface area contributed by atoms with Gasteiger partial charge in [0.25, 0.3) is 0 Å². The van der Waals surface area contributed by atoms with Crippen LogP contribution in [-0.4, -0.2) is 50.4 Å². The Kier molecular flexibility index (Phi) is 5.30. The number of sulfone groups is 1. The number of nitrogens with two attached hydrogens (primary N) is 1. The second-order valence-electron chi connectivity index (χ2n) is 6.95. The topological polar surface area (TPSA) is 80.5 Å². The van der Waals surface area contributed by atoms with Gasteiger partial charge in [0.2, 0.25) is 5.91 Å². The van der Waals surface area contributed by atoms with E-state index in [4.69, 9.17) is 5.73 Å². The second-order valence-corrected chi connectivity index (χ2v) is 9.21. The molecule has 1 heterocycles. The predicted molar refractivity (Wildman–Crippen MR) is 83.6 cm³/mol. The molecule has 1 amide bonds. The molecule has 2 N–H and O–H groups in total. The van der Waals surface area contributed by atoms with Crippen molar-refractivity contribution >= 4 is 15.7 Å². The molecule has 1 spiro atoms. The van der Waals surface area contributed by atoms with Crippen molar-refractivity contribution in [3.63, 3.8) is 0 Å². The summed E-state index contributed by atoms with van der Waals surface area (Å²) in [6.45, 7) is 1.59. The average Bonchev–Trinajstić information content (AvgIpc) is 2.44. The molecule has 0 bridgehead atoms. The largest absolute Gasteiger partial charge is 0.341 e. The summed E-state index contributed by atoms with van der Waals surface area (Å²) in [6, 6.07) is -0.682. The zero-order valence-corrected chi connectivity index (χ0v) is 13.8. The molecule has 1 saturated heterocycles. The van der Waals surface area contributed by atoms with Crippen LogP contribution in [0.25, 0.3) is 0 Å². The van der Waals surface area contributed by atoms with E-state index in [1.807, 2.05) is 4.90 Å². The lowest BCUT2D eigenvalue weighted by atomic mass is 9.69. The second kappa shape index (κ2) is 6.65. The van der Waals surface area contributed by atoms with Crippen LogP contribution in [0.1, 0.15) is 51.4 Å². The Hall–Kier alpha value is -0.620.